The summed E-state index contributed by atoms with van der Waals surface area (Å²) in [4.78, 5) is 37.8. The van der Waals surface area contributed by atoms with Gasteiger partial charge < -0.3 is 10.2 Å². The molecule has 0 aromatic heterocycles. The van der Waals surface area contributed by atoms with E-state index < -0.39 is 22.6 Å². The molecule has 1 saturated heterocycles. The second-order valence-electron chi connectivity index (χ2n) is 7.53. The van der Waals surface area contributed by atoms with Crippen LogP contribution in [0.25, 0.3) is 10.8 Å². The molecule has 31 heavy (non-hydrogen) atoms. The summed E-state index contributed by atoms with van der Waals surface area (Å²) in [6.45, 7) is 0.724. The summed E-state index contributed by atoms with van der Waals surface area (Å²) in [7, 11) is 0. The number of fused-ring (bicyclic) bond motifs is 1. The van der Waals surface area contributed by atoms with Crippen molar-refractivity contribution in [3.05, 3.63) is 82.2 Å². The van der Waals surface area contributed by atoms with Crippen molar-refractivity contribution in [1.82, 2.24) is 4.90 Å². The van der Waals surface area contributed by atoms with Crippen LogP contribution in [0.15, 0.2) is 60.7 Å². The van der Waals surface area contributed by atoms with E-state index in [0.717, 1.165) is 29.0 Å². The highest BCUT2D eigenvalue weighted by molar-refractivity contribution is 6.07. The lowest BCUT2D eigenvalue weighted by atomic mass is 9.95. The number of nitro benzene ring substituents is 1. The highest BCUT2D eigenvalue weighted by atomic mass is 19.1. The number of non-ortho nitro benzene ring substituents is 1. The second kappa shape index (κ2) is 8.51. The SMILES string of the molecule is O=C(Nc1cc([N+](=O)[O-])ccc1F)C1CCCN(C(=O)c2cccc3ccccc23)C1. The van der Waals surface area contributed by atoms with E-state index in [9.17, 15) is 24.1 Å². The van der Waals surface area contributed by atoms with Crippen LogP contribution in [0.1, 0.15) is 23.2 Å². The Kier molecular flexibility index (Phi) is 5.62. The lowest BCUT2D eigenvalue weighted by Crippen LogP contribution is -2.43. The molecule has 1 atom stereocenters. The minimum absolute atomic E-state index is 0.157. The number of carbonyl (C=O) groups is 2. The number of halogens is 1. The number of rotatable bonds is 4. The number of piperidine rings is 1. The molecule has 8 heteroatoms. The highest BCUT2D eigenvalue weighted by Gasteiger charge is 2.30. The first-order chi connectivity index (χ1) is 14.9. The van der Waals surface area contributed by atoms with Gasteiger partial charge in [-0.15, -0.1) is 0 Å². The molecule has 7 nitrogen and oxygen atoms in total. The number of hydrogen-bond donors (Lipinski definition) is 1. The van der Waals surface area contributed by atoms with Gasteiger partial charge >= 0.3 is 0 Å². The van der Waals surface area contributed by atoms with Crippen molar-refractivity contribution in [3.8, 4) is 0 Å². The van der Waals surface area contributed by atoms with E-state index in [4.69, 9.17) is 0 Å². The van der Waals surface area contributed by atoms with Crippen LogP contribution in [-0.4, -0.2) is 34.7 Å². The molecule has 1 heterocycles. The summed E-state index contributed by atoms with van der Waals surface area (Å²) in [5.74, 6) is -1.91. The van der Waals surface area contributed by atoms with Crippen molar-refractivity contribution in [2.24, 2.45) is 5.92 Å². The van der Waals surface area contributed by atoms with E-state index in [1.165, 1.54) is 0 Å². The third kappa shape index (κ3) is 4.23. The predicted octanol–water partition coefficient (Wildman–Crippen LogP) is 4.38. The molecule has 1 N–H and O–H groups in total. The van der Waals surface area contributed by atoms with E-state index in [2.05, 4.69) is 5.32 Å². The standard InChI is InChI=1S/C23H20FN3O4/c24-20-11-10-17(27(30)31)13-21(20)25-22(28)16-7-4-12-26(14-16)23(29)19-9-3-6-15-5-1-2-8-18(15)19/h1-3,5-6,8-11,13,16H,4,7,12,14H2,(H,25,28). The van der Waals surface area contributed by atoms with E-state index in [1.807, 2.05) is 36.4 Å². The number of nitrogens with one attached hydrogen (secondary N) is 1. The molecule has 2 amide bonds. The molecule has 1 fully saturated rings. The van der Waals surface area contributed by atoms with Crippen LogP contribution < -0.4 is 5.32 Å². The Morgan fingerprint density at radius 2 is 1.87 bits per heavy atom. The van der Waals surface area contributed by atoms with Crippen molar-refractivity contribution in [3.63, 3.8) is 0 Å². The minimum Gasteiger partial charge on any atom is -0.338 e. The van der Waals surface area contributed by atoms with Crippen molar-refractivity contribution in [2.45, 2.75) is 12.8 Å². The van der Waals surface area contributed by atoms with E-state index in [-0.39, 0.29) is 23.8 Å². The lowest BCUT2D eigenvalue weighted by Gasteiger charge is -2.32. The number of anilines is 1. The van der Waals surface area contributed by atoms with Crippen molar-refractivity contribution >= 4 is 34.0 Å². The van der Waals surface area contributed by atoms with Gasteiger partial charge in [-0.25, -0.2) is 4.39 Å². The van der Waals surface area contributed by atoms with Crippen LogP contribution in [0.2, 0.25) is 0 Å². The maximum Gasteiger partial charge on any atom is 0.271 e. The fourth-order valence-electron chi connectivity index (χ4n) is 3.92. The minimum atomic E-state index is -0.751. The van der Waals surface area contributed by atoms with Gasteiger partial charge in [0, 0.05) is 30.8 Å². The molecule has 3 aromatic rings. The van der Waals surface area contributed by atoms with Crippen LogP contribution in [0.5, 0.6) is 0 Å². The zero-order valence-corrected chi connectivity index (χ0v) is 16.6. The van der Waals surface area contributed by atoms with Crippen LogP contribution in [0.4, 0.5) is 15.8 Å². The summed E-state index contributed by atoms with van der Waals surface area (Å²) >= 11 is 0. The number of hydrogen-bond acceptors (Lipinski definition) is 4. The molecule has 0 spiro atoms. The highest BCUT2D eigenvalue weighted by Crippen LogP contribution is 2.26. The third-order valence-electron chi connectivity index (χ3n) is 5.52. The maximum absolute atomic E-state index is 14.0. The Morgan fingerprint density at radius 3 is 2.68 bits per heavy atom. The van der Waals surface area contributed by atoms with Crippen molar-refractivity contribution in [2.75, 3.05) is 18.4 Å². The van der Waals surface area contributed by atoms with E-state index >= 15 is 0 Å². The smallest absolute Gasteiger partial charge is 0.271 e. The molecule has 1 unspecified atom stereocenters. The summed E-state index contributed by atoms with van der Waals surface area (Å²) < 4.78 is 14.0. The summed E-state index contributed by atoms with van der Waals surface area (Å²) in [5.41, 5.74) is 0.0219. The Morgan fingerprint density at radius 1 is 1.10 bits per heavy atom. The molecule has 0 saturated carbocycles. The number of likely N-dealkylation sites (tertiary alicyclic amines) is 1. The fourth-order valence-corrected chi connectivity index (χ4v) is 3.92. The van der Waals surface area contributed by atoms with Crippen molar-refractivity contribution in [1.29, 1.82) is 0 Å². The van der Waals surface area contributed by atoms with Gasteiger partial charge in [-0.1, -0.05) is 36.4 Å². The van der Waals surface area contributed by atoms with Crippen molar-refractivity contribution < 1.29 is 18.9 Å². The molecule has 1 aliphatic rings. The Labute approximate surface area is 177 Å². The van der Waals surface area contributed by atoms with E-state index in [1.54, 1.807) is 11.0 Å². The van der Waals surface area contributed by atoms with Crippen LogP contribution in [0, 0.1) is 21.8 Å². The molecule has 3 aromatic carbocycles. The quantitative estimate of drug-likeness (QED) is 0.500. The van der Waals surface area contributed by atoms with Gasteiger partial charge in [-0.3, -0.25) is 19.7 Å². The molecular weight excluding hydrogens is 401 g/mol. The van der Waals surface area contributed by atoms with Gasteiger partial charge in [0.1, 0.15) is 5.82 Å². The average molecular weight is 421 g/mol. The monoisotopic (exact) mass is 421 g/mol. The molecule has 0 aliphatic carbocycles. The fraction of sp³-hybridized carbons (Fsp3) is 0.217. The first kappa shape index (κ1) is 20.5. The molecule has 158 valence electrons. The van der Waals surface area contributed by atoms with Crippen LogP contribution in [-0.2, 0) is 4.79 Å². The average Bonchev–Trinajstić information content (AvgIpc) is 2.79. The van der Waals surface area contributed by atoms with Crippen LogP contribution >= 0.6 is 0 Å². The molecular formula is C23H20FN3O4. The number of benzene rings is 3. The summed E-state index contributed by atoms with van der Waals surface area (Å²) in [6, 6.07) is 16.1. The summed E-state index contributed by atoms with van der Waals surface area (Å²) in [5, 5.41) is 15.2. The lowest BCUT2D eigenvalue weighted by molar-refractivity contribution is -0.384. The number of amides is 2. The van der Waals surface area contributed by atoms with Gasteiger partial charge in [0.25, 0.3) is 11.6 Å². The number of nitro groups is 1. The maximum atomic E-state index is 14.0. The van der Waals surface area contributed by atoms with Gasteiger partial charge in [0.05, 0.1) is 16.5 Å². The zero-order chi connectivity index (χ0) is 22.0. The van der Waals surface area contributed by atoms with Gasteiger partial charge in [-0.2, -0.15) is 0 Å². The summed E-state index contributed by atoms with van der Waals surface area (Å²) in [6.07, 6.45) is 1.17. The molecule has 1 aliphatic heterocycles. The normalized spacial score (nSPS) is 16.2. The third-order valence-corrected chi connectivity index (χ3v) is 5.52. The topological polar surface area (TPSA) is 92.5 Å². The molecule has 0 radical (unpaired) electrons. The Balaban J connectivity index is 1.51. The van der Waals surface area contributed by atoms with Gasteiger partial charge in [-0.05, 0) is 35.7 Å². The first-order valence-corrected chi connectivity index (χ1v) is 9.96. The largest absolute Gasteiger partial charge is 0.338 e. The Hall–Kier alpha value is -3.81. The van der Waals surface area contributed by atoms with Crippen LogP contribution in [0.3, 0.4) is 0 Å². The van der Waals surface area contributed by atoms with E-state index in [0.29, 0.717) is 24.9 Å². The Bertz CT molecular complexity index is 1180. The van der Waals surface area contributed by atoms with Gasteiger partial charge in [0.2, 0.25) is 5.91 Å². The second-order valence-corrected chi connectivity index (χ2v) is 7.53. The molecule has 4 rings (SSSR count). The van der Waals surface area contributed by atoms with Gasteiger partial charge in [0.15, 0.2) is 0 Å². The predicted molar refractivity (Wildman–Crippen MR) is 114 cm³/mol. The number of carbonyl (C=O) groups excluding carboxylic acids is 2. The number of nitrogens with zero attached hydrogens (tertiary/aromatic N) is 2. The molecule has 0 bridgehead atoms. The first-order valence-electron chi connectivity index (χ1n) is 9.96. The zero-order valence-electron chi connectivity index (χ0n) is 16.6.